The number of ether oxygens (including phenoxy) is 1. The number of nitrogens with one attached hydrogen (secondary N) is 1. The highest BCUT2D eigenvalue weighted by molar-refractivity contribution is 6.31. The van der Waals surface area contributed by atoms with Crippen molar-refractivity contribution in [2.24, 2.45) is 10.9 Å². The summed E-state index contributed by atoms with van der Waals surface area (Å²) in [5, 5.41) is 2.72. The van der Waals surface area contributed by atoms with Crippen molar-refractivity contribution in [2.75, 3.05) is 31.7 Å². The number of nitrogen functional groups attached to an aromatic ring is 2. The van der Waals surface area contributed by atoms with E-state index < -0.39 is 5.91 Å². The molecule has 0 bridgehead atoms. The molecule has 3 rings (SSSR count). The average molecular weight is 448 g/mol. The number of nitrogens with zero attached hydrogens (tertiary/aromatic N) is 4. The summed E-state index contributed by atoms with van der Waals surface area (Å²) in [6.45, 7) is 3.02. The van der Waals surface area contributed by atoms with Crippen molar-refractivity contribution in [3.63, 3.8) is 0 Å². The number of methoxy groups -OCH3 is 1. The second-order valence-corrected chi connectivity index (χ2v) is 7.62. The van der Waals surface area contributed by atoms with Crippen LogP contribution in [-0.2, 0) is 9.53 Å². The van der Waals surface area contributed by atoms with Crippen LogP contribution >= 0.6 is 11.6 Å². The second-order valence-electron chi connectivity index (χ2n) is 7.26. The van der Waals surface area contributed by atoms with Gasteiger partial charge in [0, 0.05) is 19.2 Å². The number of esters is 1. The number of aromatic nitrogens is 2. The first kappa shape index (κ1) is 22.5. The number of nitrogens with two attached hydrogens (primary N) is 2. The summed E-state index contributed by atoms with van der Waals surface area (Å²) in [6, 6.07) is 0.0744. The fourth-order valence-corrected chi connectivity index (χ4v) is 3.85. The van der Waals surface area contributed by atoms with Crippen LogP contribution in [0.2, 0.25) is 5.15 Å². The van der Waals surface area contributed by atoms with Crippen LogP contribution in [-0.4, -0.2) is 58.7 Å². The highest BCUT2D eigenvalue weighted by Gasteiger charge is 2.31. The Bertz CT molecular complexity index is 960. The second kappa shape index (κ2) is 9.78. The molecule has 2 heterocycles. The minimum atomic E-state index is -0.502. The van der Waals surface area contributed by atoms with E-state index in [0.717, 1.165) is 30.8 Å². The fraction of sp³-hybridized carbons (Fsp3) is 0.450. The van der Waals surface area contributed by atoms with E-state index in [1.54, 1.807) is 6.20 Å². The van der Waals surface area contributed by atoms with Gasteiger partial charge in [-0.25, -0.2) is 9.97 Å². The Hall–Kier alpha value is -3.14. The molecule has 0 spiro atoms. The Balaban J connectivity index is 1.67. The highest BCUT2D eigenvalue weighted by Crippen LogP contribution is 2.29. The number of allylic oxidation sites excluding steroid dienone is 1. The molecule has 166 valence electrons. The molecule has 0 saturated carbocycles. The zero-order valence-corrected chi connectivity index (χ0v) is 18.2. The van der Waals surface area contributed by atoms with Gasteiger partial charge in [0.1, 0.15) is 0 Å². The first-order chi connectivity index (χ1) is 14.8. The minimum Gasteiger partial charge on any atom is -0.469 e. The number of aliphatic imine (C=N–C) groups is 1. The molecule has 10 nitrogen and oxygen atoms in total. The van der Waals surface area contributed by atoms with Gasteiger partial charge in [-0.15, -0.1) is 0 Å². The van der Waals surface area contributed by atoms with E-state index in [-0.39, 0.29) is 47.0 Å². The first-order valence-corrected chi connectivity index (χ1v) is 10.4. The van der Waals surface area contributed by atoms with Gasteiger partial charge in [0.25, 0.3) is 5.91 Å². The van der Waals surface area contributed by atoms with Gasteiger partial charge in [-0.05, 0) is 31.8 Å². The molecule has 2 aliphatic rings. The van der Waals surface area contributed by atoms with Gasteiger partial charge in [0.05, 0.1) is 31.1 Å². The Morgan fingerprint density at radius 1 is 1.32 bits per heavy atom. The van der Waals surface area contributed by atoms with Crippen molar-refractivity contribution < 1.29 is 14.3 Å². The lowest BCUT2D eigenvalue weighted by molar-refractivity contribution is -0.140. The molecule has 0 fully saturated rings. The van der Waals surface area contributed by atoms with Gasteiger partial charge in [-0.1, -0.05) is 17.7 Å². The summed E-state index contributed by atoms with van der Waals surface area (Å²) < 4.78 is 4.74. The van der Waals surface area contributed by atoms with Crippen molar-refractivity contribution in [1.29, 1.82) is 0 Å². The topological polar surface area (TPSA) is 149 Å². The molecule has 1 amide bonds. The molecule has 1 aromatic rings. The van der Waals surface area contributed by atoms with Gasteiger partial charge in [0.15, 0.2) is 22.5 Å². The van der Waals surface area contributed by atoms with E-state index in [1.807, 2.05) is 13.0 Å². The smallest absolute Gasteiger partial charge is 0.305 e. The number of hydrogen-bond acceptors (Lipinski definition) is 9. The maximum absolute atomic E-state index is 12.5. The van der Waals surface area contributed by atoms with Gasteiger partial charge in [-0.2, -0.15) is 0 Å². The summed E-state index contributed by atoms with van der Waals surface area (Å²) in [5.41, 5.74) is 13.1. The summed E-state index contributed by atoms with van der Waals surface area (Å²) in [4.78, 5) is 38.5. The van der Waals surface area contributed by atoms with Crippen LogP contribution in [0.3, 0.4) is 0 Å². The number of amides is 1. The number of rotatable bonds is 7. The molecule has 0 radical (unpaired) electrons. The van der Waals surface area contributed by atoms with Crippen molar-refractivity contribution >= 4 is 40.8 Å². The zero-order chi connectivity index (χ0) is 22.5. The van der Waals surface area contributed by atoms with Gasteiger partial charge in [0.2, 0.25) is 0 Å². The first-order valence-electron chi connectivity index (χ1n) is 9.99. The molecule has 0 saturated heterocycles. The molecule has 31 heavy (non-hydrogen) atoms. The Kier molecular flexibility index (Phi) is 7.11. The molecule has 1 aromatic heterocycles. The van der Waals surface area contributed by atoms with E-state index >= 15 is 0 Å². The minimum absolute atomic E-state index is 0.0307. The number of carbonyl (C=O) groups is 2. The summed E-state index contributed by atoms with van der Waals surface area (Å²) >= 11 is 5.86. The number of carbonyl (C=O) groups excluding carboxylic acids is 2. The molecule has 11 heteroatoms. The van der Waals surface area contributed by atoms with E-state index in [4.69, 9.17) is 27.8 Å². The molecule has 2 atom stereocenters. The lowest BCUT2D eigenvalue weighted by Crippen LogP contribution is -2.47. The molecular formula is C20H26ClN7O3. The van der Waals surface area contributed by atoms with Crippen LogP contribution in [0.15, 0.2) is 29.0 Å². The molecule has 2 unspecified atom stereocenters. The standard InChI is InChI=1S/C20H26ClN7O3/c1-3-28-12(10-25-20(30)16-18(22)27-19(23)17(21)26-16)9-24-13-6-4-11(8-14(13)28)5-7-15(29)31-2/h4,6,9,11,14H,3,5,7-8,10H2,1-2H3,(H,25,30)(H4,22,23,27). The fourth-order valence-electron chi connectivity index (χ4n) is 3.72. The van der Waals surface area contributed by atoms with Gasteiger partial charge < -0.3 is 26.4 Å². The quantitative estimate of drug-likeness (QED) is 0.533. The lowest BCUT2D eigenvalue weighted by Gasteiger charge is -2.40. The summed E-state index contributed by atoms with van der Waals surface area (Å²) in [5.74, 6) is -0.583. The van der Waals surface area contributed by atoms with Crippen molar-refractivity contribution in [3.8, 4) is 0 Å². The number of halogens is 1. The Labute approximate surface area is 185 Å². The van der Waals surface area contributed by atoms with Crippen molar-refractivity contribution in [2.45, 2.75) is 32.2 Å². The monoisotopic (exact) mass is 447 g/mol. The average Bonchev–Trinajstić information content (AvgIpc) is 2.77. The molecule has 1 aliphatic heterocycles. The van der Waals surface area contributed by atoms with Crippen LogP contribution in [0.1, 0.15) is 36.7 Å². The molecule has 1 aliphatic carbocycles. The molecular weight excluding hydrogens is 422 g/mol. The van der Waals surface area contributed by atoms with Gasteiger partial charge in [-0.3, -0.25) is 14.6 Å². The van der Waals surface area contributed by atoms with Crippen LogP contribution in [0.25, 0.3) is 0 Å². The Morgan fingerprint density at radius 2 is 2.10 bits per heavy atom. The SMILES string of the molecule is CCN1C(CNC(=O)c2nc(Cl)c(N)nc2N)=CN=C2C=CC(CCC(=O)OC)CC21. The zero-order valence-electron chi connectivity index (χ0n) is 17.5. The van der Waals surface area contributed by atoms with E-state index in [9.17, 15) is 9.59 Å². The number of likely N-dealkylation sites (N-methyl/N-ethyl adjacent to an activating group) is 1. The number of fused-ring (bicyclic) bond motifs is 1. The third kappa shape index (κ3) is 5.13. The highest BCUT2D eigenvalue weighted by atomic mass is 35.5. The van der Waals surface area contributed by atoms with E-state index in [0.29, 0.717) is 6.42 Å². The van der Waals surface area contributed by atoms with Crippen LogP contribution in [0.4, 0.5) is 11.6 Å². The van der Waals surface area contributed by atoms with Crippen molar-refractivity contribution in [3.05, 3.63) is 34.9 Å². The maximum atomic E-state index is 12.5. The van der Waals surface area contributed by atoms with E-state index in [2.05, 4.69) is 31.3 Å². The van der Waals surface area contributed by atoms with E-state index in [1.165, 1.54) is 7.11 Å². The van der Waals surface area contributed by atoms with Crippen LogP contribution in [0.5, 0.6) is 0 Å². The predicted molar refractivity (Wildman–Crippen MR) is 118 cm³/mol. The third-order valence-corrected chi connectivity index (χ3v) is 5.63. The van der Waals surface area contributed by atoms with Gasteiger partial charge >= 0.3 is 5.97 Å². The summed E-state index contributed by atoms with van der Waals surface area (Å²) in [7, 11) is 1.40. The lowest BCUT2D eigenvalue weighted by atomic mass is 9.85. The molecule has 0 aromatic carbocycles. The normalized spacial score (nSPS) is 19.9. The number of anilines is 2. The van der Waals surface area contributed by atoms with Crippen LogP contribution in [0, 0.1) is 5.92 Å². The summed E-state index contributed by atoms with van der Waals surface area (Å²) in [6.07, 6.45) is 7.78. The molecule has 5 N–H and O–H groups in total. The van der Waals surface area contributed by atoms with Crippen LogP contribution < -0.4 is 16.8 Å². The largest absolute Gasteiger partial charge is 0.469 e. The van der Waals surface area contributed by atoms with Crippen molar-refractivity contribution in [1.82, 2.24) is 20.2 Å². The third-order valence-electron chi connectivity index (χ3n) is 5.35. The Morgan fingerprint density at radius 3 is 2.81 bits per heavy atom. The number of hydrogen-bond donors (Lipinski definition) is 3. The predicted octanol–water partition coefficient (Wildman–Crippen LogP) is 1.54. The maximum Gasteiger partial charge on any atom is 0.305 e.